The fourth-order valence-electron chi connectivity index (χ4n) is 2.38. The molecular formula is C18H27Cl2NO3. The summed E-state index contributed by atoms with van der Waals surface area (Å²) >= 11 is 11.2. The number of hydrogen-bond acceptors (Lipinski definition) is 4. The molecule has 0 aliphatic rings. The Morgan fingerprint density at radius 1 is 1.08 bits per heavy atom. The average molecular weight is 376 g/mol. The van der Waals surface area contributed by atoms with E-state index in [1.165, 1.54) is 0 Å². The number of aryl methyl sites for hydroxylation is 2. The zero-order chi connectivity index (χ0) is 17.8. The molecule has 0 fully saturated rings. The van der Waals surface area contributed by atoms with Crippen LogP contribution in [0.4, 0.5) is 0 Å². The van der Waals surface area contributed by atoms with Gasteiger partial charge in [-0.3, -0.25) is 0 Å². The van der Waals surface area contributed by atoms with Crippen LogP contribution < -0.4 is 15.4 Å². The molecule has 1 rings (SSSR count). The molecule has 0 radical (unpaired) electrons. The summed E-state index contributed by atoms with van der Waals surface area (Å²) in [5.74, 6) is 6.76. The van der Waals surface area contributed by atoms with Gasteiger partial charge in [0.15, 0.2) is 0 Å². The van der Waals surface area contributed by atoms with Crippen LogP contribution in [0.3, 0.4) is 0 Å². The van der Waals surface area contributed by atoms with Crippen LogP contribution in [0.15, 0.2) is 22.7 Å². The van der Waals surface area contributed by atoms with Gasteiger partial charge in [-0.2, -0.15) is 0 Å². The Kier molecular flexibility index (Phi) is 10.9. The first-order chi connectivity index (χ1) is 11.6. The van der Waals surface area contributed by atoms with E-state index in [0.717, 1.165) is 54.7 Å². The Balaban J connectivity index is 2.53. The van der Waals surface area contributed by atoms with Gasteiger partial charge < -0.3 is 14.3 Å². The summed E-state index contributed by atoms with van der Waals surface area (Å²) in [6.45, 7) is 5.81. The number of unbranched alkanes of at least 4 members (excludes halogenated alkanes) is 3. The van der Waals surface area contributed by atoms with Crippen LogP contribution in [0.2, 0.25) is 0 Å². The van der Waals surface area contributed by atoms with Crippen LogP contribution in [0.1, 0.15) is 43.7 Å². The lowest BCUT2D eigenvalue weighted by atomic mass is 10.1. The van der Waals surface area contributed by atoms with E-state index in [9.17, 15) is 0 Å². The highest BCUT2D eigenvalue weighted by Crippen LogP contribution is 2.30. The summed E-state index contributed by atoms with van der Waals surface area (Å²) in [6, 6.07) is 3.99. The van der Waals surface area contributed by atoms with Gasteiger partial charge in [0, 0.05) is 0 Å². The molecule has 24 heavy (non-hydrogen) atoms. The molecule has 136 valence electrons. The minimum Gasteiger partial charge on any atom is -0.493 e. The van der Waals surface area contributed by atoms with Crippen molar-refractivity contribution in [2.24, 2.45) is 5.90 Å². The van der Waals surface area contributed by atoms with Crippen molar-refractivity contribution in [3.8, 4) is 11.5 Å². The van der Waals surface area contributed by atoms with Gasteiger partial charge in [-0.1, -0.05) is 36.5 Å². The Morgan fingerprint density at radius 3 is 2.42 bits per heavy atom. The van der Waals surface area contributed by atoms with Crippen molar-refractivity contribution in [2.45, 2.75) is 46.0 Å². The summed E-state index contributed by atoms with van der Waals surface area (Å²) in [5.41, 5.74) is 2.21. The largest absolute Gasteiger partial charge is 0.493 e. The summed E-state index contributed by atoms with van der Waals surface area (Å²) < 4.78 is 11.9. The second-order valence-electron chi connectivity index (χ2n) is 5.52. The number of benzene rings is 1. The molecule has 6 heteroatoms. The van der Waals surface area contributed by atoms with Gasteiger partial charge in [0.25, 0.3) is 0 Å². The Labute approximate surface area is 154 Å². The second kappa shape index (κ2) is 12.4. The van der Waals surface area contributed by atoms with E-state index >= 15 is 0 Å². The highest BCUT2D eigenvalue weighted by molar-refractivity contribution is 6.55. The van der Waals surface area contributed by atoms with Crippen LogP contribution in [-0.4, -0.2) is 19.8 Å². The molecule has 0 atom stereocenters. The lowest BCUT2D eigenvalue weighted by molar-refractivity contribution is 0.133. The smallest absolute Gasteiger partial charge is 0.125 e. The van der Waals surface area contributed by atoms with Gasteiger partial charge in [0.1, 0.15) is 22.6 Å². The van der Waals surface area contributed by atoms with E-state index in [0.29, 0.717) is 19.8 Å². The predicted molar refractivity (Wildman–Crippen MR) is 99.9 cm³/mol. The lowest BCUT2D eigenvalue weighted by Gasteiger charge is -2.15. The molecule has 4 nitrogen and oxygen atoms in total. The Morgan fingerprint density at radius 2 is 1.79 bits per heavy atom. The number of hydrogen-bond donors (Lipinski definition) is 1. The van der Waals surface area contributed by atoms with Gasteiger partial charge in [-0.15, -0.1) is 0 Å². The quantitative estimate of drug-likeness (QED) is 0.408. The van der Waals surface area contributed by atoms with Gasteiger partial charge in [-0.05, 0) is 61.9 Å². The molecule has 0 spiro atoms. The summed E-state index contributed by atoms with van der Waals surface area (Å²) in [5, 5.41) is 0. The maximum atomic E-state index is 6.00. The molecule has 2 N–H and O–H groups in total. The molecule has 0 amide bonds. The lowest BCUT2D eigenvalue weighted by Crippen LogP contribution is -2.04. The van der Waals surface area contributed by atoms with Crippen LogP contribution in [0, 0.1) is 6.92 Å². The topological polar surface area (TPSA) is 53.7 Å². The molecule has 0 aliphatic carbocycles. The van der Waals surface area contributed by atoms with Crippen LogP contribution in [0.25, 0.3) is 0 Å². The van der Waals surface area contributed by atoms with Crippen LogP contribution in [-0.2, 0) is 11.3 Å². The van der Waals surface area contributed by atoms with E-state index < -0.39 is 0 Å². The molecule has 0 heterocycles. The minimum absolute atomic E-state index is 0.209. The van der Waals surface area contributed by atoms with Gasteiger partial charge in [0.05, 0.1) is 13.2 Å². The third-order valence-corrected chi connectivity index (χ3v) is 3.91. The molecule has 1 aromatic carbocycles. The second-order valence-corrected chi connectivity index (χ2v) is 6.53. The molecule has 0 aliphatic heterocycles. The van der Waals surface area contributed by atoms with E-state index in [2.05, 4.69) is 11.8 Å². The fourth-order valence-corrected chi connectivity index (χ4v) is 2.51. The number of halogens is 2. The van der Waals surface area contributed by atoms with Crippen LogP contribution >= 0.6 is 23.2 Å². The molecule has 0 aromatic heterocycles. The molecular weight excluding hydrogens is 349 g/mol. The first kappa shape index (κ1) is 21.1. The SMILES string of the molecule is CCc1cc(OCC=C(Cl)Cl)cc(C)c1OCCCCCCON. The van der Waals surface area contributed by atoms with Crippen molar-refractivity contribution < 1.29 is 14.3 Å². The standard InChI is InChI=1S/C18H27Cl2NO3/c1-3-15-13-16(22-11-8-17(19)20)12-14(2)18(15)23-9-6-4-5-7-10-24-21/h8,12-13H,3-7,9-11,21H2,1-2H3. The van der Waals surface area contributed by atoms with E-state index in [1.807, 2.05) is 19.1 Å². The highest BCUT2D eigenvalue weighted by atomic mass is 35.5. The van der Waals surface area contributed by atoms with Crippen molar-refractivity contribution in [3.05, 3.63) is 33.8 Å². The summed E-state index contributed by atoms with van der Waals surface area (Å²) in [6.07, 6.45) is 6.71. The van der Waals surface area contributed by atoms with Gasteiger partial charge in [0.2, 0.25) is 0 Å². The molecule has 0 unspecified atom stereocenters. The molecule has 0 saturated heterocycles. The van der Waals surface area contributed by atoms with Gasteiger partial charge in [-0.25, -0.2) is 5.90 Å². The number of ether oxygens (including phenoxy) is 2. The van der Waals surface area contributed by atoms with Crippen molar-refractivity contribution in [2.75, 3.05) is 19.8 Å². The molecule has 0 bridgehead atoms. The normalized spacial score (nSPS) is 10.5. The number of rotatable bonds is 12. The third kappa shape index (κ3) is 8.25. The summed E-state index contributed by atoms with van der Waals surface area (Å²) in [4.78, 5) is 4.55. The minimum atomic E-state index is 0.209. The maximum Gasteiger partial charge on any atom is 0.125 e. The van der Waals surface area contributed by atoms with Gasteiger partial charge >= 0.3 is 0 Å². The maximum absolute atomic E-state index is 6.00. The van der Waals surface area contributed by atoms with Crippen molar-refractivity contribution >= 4 is 23.2 Å². The fraction of sp³-hybridized carbons (Fsp3) is 0.556. The zero-order valence-corrected chi connectivity index (χ0v) is 16.0. The van der Waals surface area contributed by atoms with Crippen molar-refractivity contribution in [3.63, 3.8) is 0 Å². The monoisotopic (exact) mass is 375 g/mol. The third-order valence-electron chi connectivity index (χ3n) is 3.60. The Bertz CT molecular complexity index is 517. The average Bonchev–Trinajstić information content (AvgIpc) is 2.54. The van der Waals surface area contributed by atoms with Crippen molar-refractivity contribution in [1.82, 2.24) is 0 Å². The zero-order valence-electron chi connectivity index (χ0n) is 14.4. The predicted octanol–water partition coefficient (Wildman–Crippen LogP) is 5.08. The molecule has 1 aromatic rings. The molecule has 0 saturated carbocycles. The van der Waals surface area contributed by atoms with Crippen LogP contribution in [0.5, 0.6) is 11.5 Å². The van der Waals surface area contributed by atoms with E-state index in [1.54, 1.807) is 6.08 Å². The van der Waals surface area contributed by atoms with E-state index in [4.69, 9.17) is 38.6 Å². The highest BCUT2D eigenvalue weighted by Gasteiger charge is 2.09. The van der Waals surface area contributed by atoms with E-state index in [-0.39, 0.29) is 4.49 Å². The summed E-state index contributed by atoms with van der Waals surface area (Å²) in [7, 11) is 0. The Hall–Kier alpha value is -0.940. The van der Waals surface area contributed by atoms with Crippen molar-refractivity contribution in [1.29, 1.82) is 0 Å². The first-order valence-corrected chi connectivity index (χ1v) is 9.06. The number of nitrogens with two attached hydrogens (primary N) is 1. The first-order valence-electron chi connectivity index (χ1n) is 8.30.